The van der Waals surface area contributed by atoms with Gasteiger partial charge < -0.3 is 19.7 Å². The van der Waals surface area contributed by atoms with Gasteiger partial charge in [-0.25, -0.2) is 0 Å². The van der Waals surface area contributed by atoms with E-state index in [2.05, 4.69) is 68.6 Å². The van der Waals surface area contributed by atoms with Gasteiger partial charge in [-0.1, -0.05) is 40.2 Å². The number of hydrogen-bond donors (Lipinski definition) is 1. The molecule has 3 rings (SSSR count). The minimum absolute atomic E-state index is 0.553. The maximum atomic E-state index is 5.82. The molecule has 1 aliphatic heterocycles. The van der Waals surface area contributed by atoms with Crippen LogP contribution < -0.4 is 15.0 Å². The molecule has 1 aliphatic rings. The Morgan fingerprint density at radius 3 is 2.69 bits per heavy atom. The zero-order chi connectivity index (χ0) is 18.2. The van der Waals surface area contributed by atoms with E-state index in [4.69, 9.17) is 9.47 Å². The van der Waals surface area contributed by atoms with Gasteiger partial charge in [0.1, 0.15) is 12.4 Å². The van der Waals surface area contributed by atoms with Gasteiger partial charge in [-0.15, -0.1) is 0 Å². The Morgan fingerprint density at radius 1 is 1.04 bits per heavy atom. The maximum absolute atomic E-state index is 5.82. The number of halogens is 1. The molecule has 1 N–H and O–H groups in total. The third-order valence-electron chi connectivity index (χ3n) is 4.31. The van der Waals surface area contributed by atoms with Gasteiger partial charge in [-0.3, -0.25) is 0 Å². The van der Waals surface area contributed by atoms with Gasteiger partial charge in [0.25, 0.3) is 0 Å². The van der Waals surface area contributed by atoms with Gasteiger partial charge in [0.2, 0.25) is 0 Å². The Kier molecular flexibility index (Phi) is 7.12. The number of methoxy groups -OCH3 is 1. The van der Waals surface area contributed by atoms with Crippen molar-refractivity contribution in [1.29, 1.82) is 0 Å². The van der Waals surface area contributed by atoms with Crippen molar-refractivity contribution >= 4 is 21.6 Å². The molecule has 0 aromatic heterocycles. The lowest BCUT2D eigenvalue weighted by Crippen LogP contribution is -2.19. The molecule has 0 radical (unpaired) electrons. The zero-order valence-corrected chi connectivity index (χ0v) is 16.7. The largest absolute Gasteiger partial charge is 0.491 e. The van der Waals surface area contributed by atoms with Crippen molar-refractivity contribution in [2.24, 2.45) is 0 Å². The van der Waals surface area contributed by atoms with Crippen LogP contribution in [-0.2, 0) is 17.8 Å². The predicted octanol–water partition coefficient (Wildman–Crippen LogP) is 4.14. The quantitative estimate of drug-likeness (QED) is 0.491. The van der Waals surface area contributed by atoms with Crippen LogP contribution in [-0.4, -0.2) is 33.4 Å². The molecule has 2 aromatic carbocycles. The first-order valence-electron chi connectivity index (χ1n) is 8.86. The number of ether oxygens (including phenoxy) is 2. The zero-order valence-electron chi connectivity index (χ0n) is 15.1. The minimum Gasteiger partial charge on any atom is -0.491 e. The molecule has 0 saturated heterocycles. The highest BCUT2D eigenvalue weighted by molar-refractivity contribution is 9.10. The molecule has 138 valence electrons. The van der Waals surface area contributed by atoms with E-state index in [1.807, 2.05) is 12.1 Å². The Labute approximate surface area is 163 Å². The molecule has 0 fully saturated rings. The number of nitrogens with zero attached hydrogens (tertiary/aromatic N) is 1. The fraction of sp³-hybridized carbons (Fsp3) is 0.333. The molecule has 1 heterocycles. The molecule has 0 aliphatic carbocycles. The molecular weight excluding hydrogens is 392 g/mol. The highest BCUT2D eigenvalue weighted by Crippen LogP contribution is 2.24. The summed E-state index contributed by atoms with van der Waals surface area (Å²) >= 11 is 3.54. The van der Waals surface area contributed by atoms with Crippen LogP contribution in [0.15, 0.2) is 59.1 Å². The first-order valence-corrected chi connectivity index (χ1v) is 9.65. The van der Waals surface area contributed by atoms with Gasteiger partial charge in [0.15, 0.2) is 0 Å². The second-order valence-electron chi connectivity index (χ2n) is 6.24. The molecule has 2 aromatic rings. The molecular formula is C21H25BrN2O2. The lowest BCUT2D eigenvalue weighted by molar-refractivity contribution is 0.145. The first kappa shape index (κ1) is 19.0. The van der Waals surface area contributed by atoms with Crippen molar-refractivity contribution in [3.05, 3.63) is 70.2 Å². The van der Waals surface area contributed by atoms with Crippen molar-refractivity contribution in [1.82, 2.24) is 5.32 Å². The van der Waals surface area contributed by atoms with Crippen LogP contribution in [0.2, 0.25) is 0 Å². The van der Waals surface area contributed by atoms with Crippen LogP contribution >= 0.6 is 15.9 Å². The lowest BCUT2D eigenvalue weighted by Gasteiger charge is -2.18. The Morgan fingerprint density at radius 2 is 1.88 bits per heavy atom. The van der Waals surface area contributed by atoms with E-state index in [9.17, 15) is 0 Å². The van der Waals surface area contributed by atoms with E-state index >= 15 is 0 Å². The highest BCUT2D eigenvalue weighted by Gasteiger charge is 2.08. The molecule has 0 amide bonds. The van der Waals surface area contributed by atoms with E-state index in [-0.39, 0.29) is 0 Å². The van der Waals surface area contributed by atoms with Gasteiger partial charge >= 0.3 is 0 Å². The summed E-state index contributed by atoms with van der Waals surface area (Å²) in [5.41, 5.74) is 3.70. The SMILES string of the molecule is COCCOc1ccc(Br)cc1CNCc1cccc(N2CC=CC2)c1. The minimum atomic E-state index is 0.553. The Balaban J connectivity index is 1.57. The number of rotatable bonds is 9. The topological polar surface area (TPSA) is 33.7 Å². The van der Waals surface area contributed by atoms with E-state index in [1.165, 1.54) is 11.3 Å². The summed E-state index contributed by atoms with van der Waals surface area (Å²) in [6.07, 6.45) is 4.42. The van der Waals surface area contributed by atoms with Gasteiger partial charge in [-0.2, -0.15) is 0 Å². The molecule has 0 spiro atoms. The summed E-state index contributed by atoms with van der Waals surface area (Å²) in [6.45, 7) is 4.70. The normalized spacial score (nSPS) is 13.4. The van der Waals surface area contributed by atoms with Crippen molar-refractivity contribution in [2.75, 3.05) is 38.3 Å². The molecule has 0 bridgehead atoms. The van der Waals surface area contributed by atoms with Crippen molar-refractivity contribution in [3.8, 4) is 5.75 Å². The molecule has 4 nitrogen and oxygen atoms in total. The van der Waals surface area contributed by atoms with Crippen LogP contribution in [0.4, 0.5) is 5.69 Å². The maximum Gasteiger partial charge on any atom is 0.123 e. The average Bonchev–Trinajstić information content (AvgIpc) is 3.19. The molecule has 26 heavy (non-hydrogen) atoms. The van der Waals surface area contributed by atoms with Crippen LogP contribution in [0, 0.1) is 0 Å². The van der Waals surface area contributed by atoms with Crippen LogP contribution in [0.5, 0.6) is 5.75 Å². The van der Waals surface area contributed by atoms with Crippen LogP contribution in [0.25, 0.3) is 0 Å². The third kappa shape index (κ3) is 5.34. The van der Waals surface area contributed by atoms with E-state index in [0.717, 1.165) is 42.0 Å². The second kappa shape index (κ2) is 9.76. The molecule has 5 heteroatoms. The van der Waals surface area contributed by atoms with Crippen LogP contribution in [0.3, 0.4) is 0 Å². The van der Waals surface area contributed by atoms with Crippen LogP contribution in [0.1, 0.15) is 11.1 Å². The third-order valence-corrected chi connectivity index (χ3v) is 4.80. The first-order chi connectivity index (χ1) is 12.8. The fourth-order valence-corrected chi connectivity index (χ4v) is 3.36. The monoisotopic (exact) mass is 416 g/mol. The Hall–Kier alpha value is -1.82. The van der Waals surface area contributed by atoms with Crippen molar-refractivity contribution in [3.63, 3.8) is 0 Å². The Bertz CT molecular complexity index is 741. The number of anilines is 1. The van der Waals surface area contributed by atoms with E-state index in [1.54, 1.807) is 7.11 Å². The van der Waals surface area contributed by atoms with Gasteiger partial charge in [-0.05, 0) is 35.9 Å². The van der Waals surface area contributed by atoms with E-state index in [0.29, 0.717) is 13.2 Å². The summed E-state index contributed by atoms with van der Waals surface area (Å²) in [5, 5.41) is 3.53. The highest BCUT2D eigenvalue weighted by atomic mass is 79.9. The average molecular weight is 417 g/mol. The lowest BCUT2D eigenvalue weighted by atomic mass is 10.1. The standard InChI is InChI=1S/C21H25BrN2O2/c1-25-11-12-26-21-8-7-19(22)14-18(21)16-23-15-17-5-4-6-20(13-17)24-9-2-3-10-24/h2-8,13-14,23H,9-12,15-16H2,1H3. The van der Waals surface area contributed by atoms with Crippen molar-refractivity contribution < 1.29 is 9.47 Å². The van der Waals surface area contributed by atoms with Gasteiger partial charge in [0.05, 0.1) is 6.61 Å². The summed E-state index contributed by atoms with van der Waals surface area (Å²) in [6, 6.07) is 14.8. The fourth-order valence-electron chi connectivity index (χ4n) is 2.96. The number of nitrogens with one attached hydrogen (secondary N) is 1. The second-order valence-corrected chi connectivity index (χ2v) is 7.16. The molecule has 0 saturated carbocycles. The van der Waals surface area contributed by atoms with Crippen molar-refractivity contribution in [2.45, 2.75) is 13.1 Å². The van der Waals surface area contributed by atoms with E-state index < -0.39 is 0 Å². The summed E-state index contributed by atoms with van der Waals surface area (Å²) in [5.74, 6) is 0.898. The summed E-state index contributed by atoms with van der Waals surface area (Å²) < 4.78 is 11.9. The summed E-state index contributed by atoms with van der Waals surface area (Å²) in [4.78, 5) is 2.36. The van der Waals surface area contributed by atoms with Gasteiger partial charge in [0, 0.05) is 49.0 Å². The molecule has 0 unspecified atom stereocenters. The summed E-state index contributed by atoms with van der Waals surface area (Å²) in [7, 11) is 1.68. The molecule has 0 atom stereocenters. The number of benzene rings is 2. The predicted molar refractivity (Wildman–Crippen MR) is 110 cm³/mol. The smallest absolute Gasteiger partial charge is 0.123 e. The number of hydrogen-bond acceptors (Lipinski definition) is 4.